The first kappa shape index (κ1) is 21.9. The zero-order valence-electron chi connectivity index (χ0n) is 19.2. The maximum atomic E-state index is 13.7. The summed E-state index contributed by atoms with van der Waals surface area (Å²) in [5.41, 5.74) is 2.95. The lowest BCUT2D eigenvalue weighted by molar-refractivity contribution is -0.0383. The Morgan fingerprint density at radius 3 is 2.89 bits per heavy atom. The third kappa shape index (κ3) is 3.62. The van der Waals surface area contributed by atoms with Gasteiger partial charge in [-0.2, -0.15) is 9.61 Å². The molecule has 1 amide bonds. The summed E-state index contributed by atoms with van der Waals surface area (Å²) in [5, 5.41) is 20.7. The summed E-state index contributed by atoms with van der Waals surface area (Å²) < 4.78 is 22.7. The minimum atomic E-state index is -1.01. The van der Waals surface area contributed by atoms with E-state index >= 15 is 0 Å². The average molecular weight is 480 g/mol. The second-order valence-electron chi connectivity index (χ2n) is 9.07. The van der Waals surface area contributed by atoms with Crippen molar-refractivity contribution in [2.24, 2.45) is 0 Å². The number of halogens is 1. The first-order chi connectivity index (χ1) is 17.0. The van der Waals surface area contributed by atoms with E-state index in [1.54, 1.807) is 17.8 Å². The number of pyridine rings is 1. The molecule has 182 valence electrons. The van der Waals surface area contributed by atoms with Crippen LogP contribution in [0.15, 0.2) is 36.8 Å². The summed E-state index contributed by atoms with van der Waals surface area (Å²) >= 11 is 0. The molecule has 1 saturated carbocycles. The second kappa shape index (κ2) is 8.58. The quantitative estimate of drug-likeness (QED) is 0.402. The van der Waals surface area contributed by atoms with Gasteiger partial charge in [-0.05, 0) is 31.4 Å². The molecule has 10 nitrogen and oxygen atoms in total. The summed E-state index contributed by atoms with van der Waals surface area (Å²) in [4.78, 5) is 22.3. The number of amides is 1. The molecule has 4 atom stereocenters. The number of rotatable bonds is 5. The highest BCUT2D eigenvalue weighted by Crippen LogP contribution is 2.37. The predicted octanol–water partition coefficient (Wildman–Crippen LogP) is 2.29. The molecule has 1 aliphatic carbocycles. The molecule has 1 saturated heterocycles. The van der Waals surface area contributed by atoms with Gasteiger partial charge in [0, 0.05) is 43.2 Å². The number of aliphatic hydroxyl groups is 1. The Hall–Kier alpha value is -3.57. The first-order valence-electron chi connectivity index (χ1n) is 11.8. The van der Waals surface area contributed by atoms with Gasteiger partial charge in [-0.1, -0.05) is 0 Å². The largest absolute Gasteiger partial charge is 0.389 e. The number of hydrogen-bond acceptors (Lipinski definition) is 7. The van der Waals surface area contributed by atoms with Crippen LogP contribution in [-0.2, 0) is 4.74 Å². The summed E-state index contributed by atoms with van der Waals surface area (Å²) in [6.45, 7) is 0.875. The highest BCUT2D eigenvalue weighted by atomic mass is 19.1. The summed E-state index contributed by atoms with van der Waals surface area (Å²) in [6.07, 6.45) is 5.28. The number of carbonyl (C=O) groups is 1. The van der Waals surface area contributed by atoms with Crippen LogP contribution in [0.25, 0.3) is 28.3 Å². The molecule has 3 N–H and O–H groups in total. The molecular weight excluding hydrogens is 453 g/mol. The first-order valence-corrected chi connectivity index (χ1v) is 11.8. The van der Waals surface area contributed by atoms with Gasteiger partial charge in [0.2, 0.25) is 0 Å². The van der Waals surface area contributed by atoms with E-state index in [9.17, 15) is 14.3 Å². The minimum absolute atomic E-state index is 0.130. The summed E-state index contributed by atoms with van der Waals surface area (Å²) in [7, 11) is 1.77. The number of ether oxygens (including phenoxy) is 1. The lowest BCUT2D eigenvalue weighted by Gasteiger charge is -2.31. The Morgan fingerprint density at radius 2 is 2.14 bits per heavy atom. The van der Waals surface area contributed by atoms with Crippen molar-refractivity contribution in [1.82, 2.24) is 29.5 Å². The third-order valence-electron chi connectivity index (χ3n) is 7.00. The van der Waals surface area contributed by atoms with Gasteiger partial charge < -0.3 is 25.0 Å². The van der Waals surface area contributed by atoms with E-state index < -0.39 is 24.2 Å². The van der Waals surface area contributed by atoms with Gasteiger partial charge >= 0.3 is 0 Å². The SMILES string of the molecule is CNc1cc(-c2cnc3n([C@@H]4CCOC[C@H]4O)cccc2-3)nc2c(C(=O)N[C@H]3CC[C@@H]3F)cnn12. The molecule has 5 heterocycles. The van der Waals surface area contributed by atoms with E-state index in [0.717, 1.165) is 17.0 Å². The van der Waals surface area contributed by atoms with Crippen LogP contribution in [-0.4, -0.2) is 73.7 Å². The molecule has 0 unspecified atom stereocenters. The van der Waals surface area contributed by atoms with Gasteiger partial charge in [0.1, 0.15) is 23.4 Å². The molecule has 11 heteroatoms. The third-order valence-corrected chi connectivity index (χ3v) is 7.00. The second-order valence-corrected chi connectivity index (χ2v) is 9.07. The van der Waals surface area contributed by atoms with Gasteiger partial charge in [-0.3, -0.25) is 4.79 Å². The van der Waals surface area contributed by atoms with Crippen LogP contribution in [0.1, 0.15) is 35.7 Å². The van der Waals surface area contributed by atoms with Crippen molar-refractivity contribution in [3.8, 4) is 22.6 Å². The standard InChI is InChI=1S/C24H26FN7O3/c1-26-21-9-18(29-23-15(11-28-32(21)23)24(34)30-17-5-4-16(17)25)14-10-27-22-13(14)3-2-7-31(22)19-6-8-35-12-20(19)33/h2-3,7,9-11,16-17,19-20,26,33H,4-6,8,12H2,1H3,(H,30,34)/t16-,17-,19+,20+/m0/s1. The number of nitrogens with zero attached hydrogens (tertiary/aromatic N) is 5. The van der Waals surface area contributed by atoms with Crippen molar-refractivity contribution in [3.63, 3.8) is 0 Å². The monoisotopic (exact) mass is 479 g/mol. The molecule has 0 aromatic carbocycles. The Bertz CT molecular complexity index is 1370. The summed E-state index contributed by atoms with van der Waals surface area (Å²) in [6, 6.07) is 5.14. The van der Waals surface area contributed by atoms with Crippen LogP contribution in [0.4, 0.5) is 10.2 Å². The number of hydrogen-bond donors (Lipinski definition) is 3. The Labute approximate surface area is 200 Å². The van der Waals surface area contributed by atoms with Crippen molar-refractivity contribution >= 4 is 17.4 Å². The van der Waals surface area contributed by atoms with Crippen LogP contribution in [0, 0.1) is 0 Å². The fraction of sp³-hybridized carbons (Fsp3) is 0.417. The molecular formula is C24H26FN7O3. The Kier molecular flexibility index (Phi) is 5.37. The predicted molar refractivity (Wildman–Crippen MR) is 126 cm³/mol. The number of fused-ring (bicyclic) bond motifs is 2. The van der Waals surface area contributed by atoms with Crippen LogP contribution < -0.4 is 10.6 Å². The lowest BCUT2D eigenvalue weighted by atomic mass is 9.90. The minimum Gasteiger partial charge on any atom is -0.389 e. The van der Waals surface area contributed by atoms with Crippen molar-refractivity contribution < 1.29 is 19.0 Å². The number of anilines is 1. The number of nitrogens with one attached hydrogen (secondary N) is 2. The van der Waals surface area contributed by atoms with E-state index in [0.29, 0.717) is 49.6 Å². The van der Waals surface area contributed by atoms with Crippen LogP contribution in [0.5, 0.6) is 0 Å². The lowest BCUT2D eigenvalue weighted by Crippen LogP contribution is -2.48. The van der Waals surface area contributed by atoms with Gasteiger partial charge in [0.05, 0.1) is 36.7 Å². The molecule has 2 aromatic rings. The zero-order valence-corrected chi connectivity index (χ0v) is 19.2. The van der Waals surface area contributed by atoms with Gasteiger partial charge in [0.15, 0.2) is 5.65 Å². The Balaban J connectivity index is 1.40. The normalized spacial score (nSPS) is 24.4. The highest BCUT2D eigenvalue weighted by molar-refractivity contribution is 6.00. The van der Waals surface area contributed by atoms with Crippen molar-refractivity contribution in [3.05, 3.63) is 42.4 Å². The fourth-order valence-corrected chi connectivity index (χ4v) is 4.87. The molecule has 2 aromatic heterocycles. The van der Waals surface area contributed by atoms with E-state index in [-0.39, 0.29) is 11.6 Å². The maximum absolute atomic E-state index is 13.7. The number of aliphatic hydroxyl groups excluding tert-OH is 1. The van der Waals surface area contributed by atoms with E-state index in [1.807, 2.05) is 29.0 Å². The summed E-state index contributed by atoms with van der Waals surface area (Å²) in [5.74, 6) is 0.997. The molecule has 6 rings (SSSR count). The number of aromatic nitrogens is 5. The van der Waals surface area contributed by atoms with Crippen molar-refractivity contribution in [2.45, 2.75) is 43.6 Å². The van der Waals surface area contributed by atoms with Crippen molar-refractivity contribution in [1.29, 1.82) is 0 Å². The van der Waals surface area contributed by atoms with Gasteiger partial charge in [0.25, 0.3) is 5.91 Å². The molecule has 2 fully saturated rings. The van der Waals surface area contributed by atoms with E-state index in [2.05, 4.69) is 20.7 Å². The van der Waals surface area contributed by atoms with Crippen molar-refractivity contribution in [2.75, 3.05) is 25.6 Å². The topological polar surface area (TPSA) is 119 Å². The molecule has 4 aliphatic rings. The molecule has 0 radical (unpaired) electrons. The maximum Gasteiger partial charge on any atom is 0.257 e. The highest BCUT2D eigenvalue weighted by Gasteiger charge is 2.33. The number of carbonyl (C=O) groups excluding carboxylic acids is 1. The zero-order chi connectivity index (χ0) is 24.1. The van der Waals surface area contributed by atoms with Crippen LogP contribution in [0.2, 0.25) is 0 Å². The van der Waals surface area contributed by atoms with E-state index in [1.165, 1.54) is 6.20 Å². The molecule has 0 spiro atoms. The van der Waals surface area contributed by atoms with E-state index in [4.69, 9.17) is 9.72 Å². The molecule has 35 heavy (non-hydrogen) atoms. The van der Waals surface area contributed by atoms with Gasteiger partial charge in [-0.15, -0.1) is 0 Å². The molecule has 3 aliphatic heterocycles. The number of alkyl halides is 1. The fourth-order valence-electron chi connectivity index (χ4n) is 4.87. The van der Waals surface area contributed by atoms with Gasteiger partial charge in [-0.25, -0.2) is 14.4 Å². The van der Waals surface area contributed by atoms with Crippen LogP contribution >= 0.6 is 0 Å². The smallest absolute Gasteiger partial charge is 0.257 e. The molecule has 0 bridgehead atoms. The average Bonchev–Trinajstić information content (AvgIpc) is 3.50. The van der Waals surface area contributed by atoms with Crippen LogP contribution in [0.3, 0.4) is 0 Å². The Morgan fingerprint density at radius 1 is 1.26 bits per heavy atom.